The van der Waals surface area contributed by atoms with Gasteiger partial charge in [-0.25, -0.2) is 0 Å². The Balaban J connectivity index is 2.21. The topological polar surface area (TPSA) is 20.2 Å². The van der Waals surface area contributed by atoms with Gasteiger partial charge in [0.05, 0.1) is 6.10 Å². The fraction of sp³-hybridized carbons (Fsp3) is 0.692. The quantitative estimate of drug-likeness (QED) is 0.764. The third-order valence-corrected chi connectivity index (χ3v) is 6.47. The molecule has 1 aliphatic rings. The zero-order valence-corrected chi connectivity index (χ0v) is 13.3. The molecule has 2 rings (SSSR count). The molecule has 0 amide bonds. The summed E-state index contributed by atoms with van der Waals surface area (Å²) < 4.78 is 1.62. The van der Waals surface area contributed by atoms with E-state index in [-0.39, 0.29) is 11.5 Å². The van der Waals surface area contributed by atoms with Gasteiger partial charge < -0.3 is 5.11 Å². The maximum Gasteiger partial charge on any atom is 0.107 e. The van der Waals surface area contributed by atoms with Crippen molar-refractivity contribution in [3.05, 3.63) is 19.8 Å². The summed E-state index contributed by atoms with van der Waals surface area (Å²) in [6.45, 7) is 4.54. The normalized spacial score (nSPS) is 25.8. The highest BCUT2D eigenvalue weighted by Gasteiger charge is 2.38. The highest BCUT2D eigenvalue weighted by molar-refractivity contribution is 9.10. The smallest absolute Gasteiger partial charge is 0.107 e. The van der Waals surface area contributed by atoms with Crippen LogP contribution in [0, 0.1) is 11.3 Å². The number of hydrogen-bond acceptors (Lipinski definition) is 2. The zero-order valence-electron chi connectivity index (χ0n) is 10.2. The average Bonchev–Trinajstić information content (AvgIpc) is 2.58. The predicted molar refractivity (Wildman–Crippen MR) is 77.7 cm³/mol. The van der Waals surface area contributed by atoms with Gasteiger partial charge in [0.25, 0.3) is 0 Å². The van der Waals surface area contributed by atoms with E-state index < -0.39 is 0 Å². The largest absolute Gasteiger partial charge is 0.387 e. The molecule has 1 aromatic heterocycles. The Bertz CT molecular complexity index is 383. The summed E-state index contributed by atoms with van der Waals surface area (Å²) >= 11 is 10.9. The van der Waals surface area contributed by atoms with Crippen molar-refractivity contribution in [2.45, 2.75) is 45.6 Å². The average molecular weight is 338 g/mol. The number of halogens is 2. The third kappa shape index (κ3) is 2.89. The molecule has 2 unspecified atom stereocenters. The van der Waals surface area contributed by atoms with Crippen molar-refractivity contribution in [3.63, 3.8) is 0 Å². The lowest BCUT2D eigenvalue weighted by Gasteiger charge is -2.41. The lowest BCUT2D eigenvalue weighted by molar-refractivity contribution is 0.00587. The molecule has 1 fully saturated rings. The maximum atomic E-state index is 10.5. The highest BCUT2D eigenvalue weighted by atomic mass is 79.9. The van der Waals surface area contributed by atoms with Gasteiger partial charge in [-0.15, -0.1) is 11.3 Å². The Hall–Kier alpha value is 0.430. The molecule has 2 atom stereocenters. The Morgan fingerprint density at radius 2 is 2.24 bits per heavy atom. The standard InChI is InChI=1S/C13H18BrClOS/c1-13(2)6-4-3-5-8(13)11(16)10-7-9(14)12(15)17-10/h7-8,11,16H,3-6H2,1-2H3. The minimum atomic E-state index is -0.376. The van der Waals surface area contributed by atoms with Crippen LogP contribution >= 0.6 is 38.9 Å². The molecule has 1 aromatic rings. The minimum Gasteiger partial charge on any atom is -0.387 e. The van der Waals surface area contributed by atoms with Gasteiger partial charge in [0.1, 0.15) is 4.34 Å². The zero-order chi connectivity index (χ0) is 12.6. The van der Waals surface area contributed by atoms with E-state index in [4.69, 9.17) is 11.6 Å². The fourth-order valence-corrected chi connectivity index (χ4v) is 4.60. The second-order valence-electron chi connectivity index (χ2n) is 5.56. The first-order chi connectivity index (χ1) is 7.92. The SMILES string of the molecule is CC1(C)CCCCC1C(O)c1cc(Br)c(Cl)s1. The second kappa shape index (κ2) is 5.20. The van der Waals surface area contributed by atoms with Gasteiger partial charge in [0, 0.05) is 9.35 Å². The van der Waals surface area contributed by atoms with Crippen LogP contribution in [0.3, 0.4) is 0 Å². The van der Waals surface area contributed by atoms with E-state index in [1.54, 1.807) is 0 Å². The molecule has 1 aliphatic carbocycles. The molecule has 0 bridgehead atoms. The van der Waals surface area contributed by atoms with Gasteiger partial charge in [-0.3, -0.25) is 0 Å². The van der Waals surface area contributed by atoms with Crippen LogP contribution in [0.1, 0.15) is 50.5 Å². The lowest BCUT2D eigenvalue weighted by Crippen LogP contribution is -2.32. The molecule has 0 aliphatic heterocycles. The van der Waals surface area contributed by atoms with Crippen LogP contribution in [-0.2, 0) is 0 Å². The van der Waals surface area contributed by atoms with E-state index in [1.165, 1.54) is 30.6 Å². The van der Waals surface area contributed by atoms with Gasteiger partial charge in [-0.1, -0.05) is 38.3 Å². The van der Waals surface area contributed by atoms with Gasteiger partial charge in [-0.05, 0) is 46.2 Å². The number of aliphatic hydroxyl groups is 1. The molecule has 1 heterocycles. The van der Waals surface area contributed by atoms with Crippen molar-refractivity contribution in [2.75, 3.05) is 0 Å². The summed E-state index contributed by atoms with van der Waals surface area (Å²) in [7, 11) is 0. The first-order valence-electron chi connectivity index (χ1n) is 6.04. The van der Waals surface area contributed by atoms with Gasteiger partial charge >= 0.3 is 0 Å². The first kappa shape index (κ1) is 13.9. The molecule has 0 aromatic carbocycles. The highest BCUT2D eigenvalue weighted by Crippen LogP contribution is 2.49. The molecule has 96 valence electrons. The molecule has 0 spiro atoms. The fourth-order valence-electron chi connectivity index (χ4n) is 2.81. The van der Waals surface area contributed by atoms with E-state index >= 15 is 0 Å². The van der Waals surface area contributed by atoms with Crippen LogP contribution in [0.2, 0.25) is 4.34 Å². The van der Waals surface area contributed by atoms with E-state index in [1.807, 2.05) is 6.07 Å². The third-order valence-electron chi connectivity index (χ3n) is 3.93. The van der Waals surface area contributed by atoms with Crippen molar-refractivity contribution < 1.29 is 5.11 Å². The summed E-state index contributed by atoms with van der Waals surface area (Å²) in [5, 5.41) is 10.5. The summed E-state index contributed by atoms with van der Waals surface area (Å²) in [5.41, 5.74) is 0.223. The second-order valence-corrected chi connectivity index (χ2v) is 8.10. The molecule has 0 radical (unpaired) electrons. The number of aliphatic hydroxyl groups excluding tert-OH is 1. The lowest BCUT2D eigenvalue weighted by atomic mass is 9.66. The molecular weight excluding hydrogens is 320 g/mol. The van der Waals surface area contributed by atoms with Crippen molar-refractivity contribution >= 4 is 38.9 Å². The van der Waals surface area contributed by atoms with Gasteiger partial charge in [0.15, 0.2) is 0 Å². The summed E-state index contributed by atoms with van der Waals surface area (Å²) in [6.07, 6.45) is 4.45. The molecule has 4 heteroatoms. The first-order valence-corrected chi connectivity index (χ1v) is 8.03. The van der Waals surface area contributed by atoms with Gasteiger partial charge in [0.2, 0.25) is 0 Å². The Labute approximate surface area is 120 Å². The van der Waals surface area contributed by atoms with E-state index in [9.17, 15) is 5.11 Å². The van der Waals surface area contributed by atoms with Crippen LogP contribution in [0.4, 0.5) is 0 Å². The van der Waals surface area contributed by atoms with Crippen LogP contribution in [-0.4, -0.2) is 5.11 Å². The predicted octanol–water partition coefficient (Wildman–Crippen LogP) is 5.41. The summed E-state index contributed by atoms with van der Waals surface area (Å²) in [5.74, 6) is 0.345. The summed E-state index contributed by atoms with van der Waals surface area (Å²) in [6, 6.07) is 1.96. The number of thiophene rings is 1. The maximum absolute atomic E-state index is 10.5. The van der Waals surface area contributed by atoms with Gasteiger partial charge in [-0.2, -0.15) is 0 Å². The Morgan fingerprint density at radius 1 is 1.53 bits per heavy atom. The van der Waals surface area contributed by atoms with Crippen LogP contribution < -0.4 is 0 Å². The van der Waals surface area contributed by atoms with Crippen molar-refractivity contribution in [1.82, 2.24) is 0 Å². The van der Waals surface area contributed by atoms with E-state index in [0.29, 0.717) is 5.92 Å². The monoisotopic (exact) mass is 336 g/mol. The molecule has 1 N–H and O–H groups in total. The Morgan fingerprint density at radius 3 is 2.76 bits per heavy atom. The number of hydrogen-bond donors (Lipinski definition) is 1. The molecule has 17 heavy (non-hydrogen) atoms. The van der Waals surface area contributed by atoms with Crippen molar-refractivity contribution in [2.24, 2.45) is 11.3 Å². The molecule has 1 nitrogen and oxygen atoms in total. The summed E-state index contributed by atoms with van der Waals surface area (Å²) in [4.78, 5) is 0.988. The van der Waals surface area contributed by atoms with Crippen molar-refractivity contribution in [3.8, 4) is 0 Å². The van der Waals surface area contributed by atoms with E-state index in [0.717, 1.165) is 20.1 Å². The molecule has 0 saturated heterocycles. The van der Waals surface area contributed by atoms with Crippen LogP contribution in [0.5, 0.6) is 0 Å². The number of rotatable bonds is 2. The minimum absolute atomic E-state index is 0.223. The Kier molecular flexibility index (Phi) is 4.24. The van der Waals surface area contributed by atoms with Crippen LogP contribution in [0.25, 0.3) is 0 Å². The van der Waals surface area contributed by atoms with Crippen LogP contribution in [0.15, 0.2) is 10.5 Å². The molecule has 1 saturated carbocycles. The van der Waals surface area contributed by atoms with Crippen molar-refractivity contribution in [1.29, 1.82) is 0 Å². The van der Waals surface area contributed by atoms with E-state index in [2.05, 4.69) is 29.8 Å². The molecular formula is C13H18BrClOS.